The summed E-state index contributed by atoms with van der Waals surface area (Å²) in [5.41, 5.74) is 2.96. The van der Waals surface area contributed by atoms with E-state index in [0.29, 0.717) is 12.1 Å². The van der Waals surface area contributed by atoms with Crippen LogP contribution in [0.2, 0.25) is 0 Å². The van der Waals surface area contributed by atoms with Gasteiger partial charge in [0.2, 0.25) is 5.91 Å². The van der Waals surface area contributed by atoms with Crippen molar-refractivity contribution in [2.75, 3.05) is 24.3 Å². The molecule has 2 aromatic carbocycles. The maximum Gasteiger partial charge on any atom is 0.228 e. The van der Waals surface area contributed by atoms with E-state index in [0.717, 1.165) is 36.5 Å². The number of carbonyl (C=O) groups excluding carboxylic acids is 1. The second kappa shape index (κ2) is 10.1. The van der Waals surface area contributed by atoms with Crippen molar-refractivity contribution in [1.29, 1.82) is 0 Å². The van der Waals surface area contributed by atoms with Gasteiger partial charge in [0.25, 0.3) is 0 Å². The summed E-state index contributed by atoms with van der Waals surface area (Å²) in [5.74, 6) is 1.51. The Labute approximate surface area is 165 Å². The zero-order valence-electron chi connectivity index (χ0n) is 16.0. The lowest BCUT2D eigenvalue weighted by Crippen LogP contribution is -2.14. The van der Waals surface area contributed by atoms with E-state index in [9.17, 15) is 4.79 Å². The van der Waals surface area contributed by atoms with Gasteiger partial charge in [-0.2, -0.15) is 0 Å². The van der Waals surface area contributed by atoms with Gasteiger partial charge in [0.05, 0.1) is 25.4 Å². The van der Waals surface area contributed by atoms with Gasteiger partial charge in [0.15, 0.2) is 0 Å². The highest BCUT2D eigenvalue weighted by molar-refractivity contribution is 5.92. The van der Waals surface area contributed by atoms with Crippen LogP contribution < -0.4 is 15.4 Å². The van der Waals surface area contributed by atoms with Gasteiger partial charge in [-0.15, -0.1) is 0 Å². The fourth-order valence-corrected chi connectivity index (χ4v) is 2.86. The van der Waals surface area contributed by atoms with Crippen molar-refractivity contribution in [1.82, 2.24) is 4.98 Å². The molecule has 144 valence electrons. The smallest absolute Gasteiger partial charge is 0.228 e. The molecule has 0 saturated carbocycles. The van der Waals surface area contributed by atoms with Crippen LogP contribution in [0, 0.1) is 0 Å². The molecule has 2 N–H and O–H groups in total. The fraction of sp³-hybridized carbons (Fsp3) is 0.217. The number of benzene rings is 2. The van der Waals surface area contributed by atoms with Gasteiger partial charge < -0.3 is 15.4 Å². The van der Waals surface area contributed by atoms with Crippen molar-refractivity contribution in [3.05, 3.63) is 84.1 Å². The van der Waals surface area contributed by atoms with Gasteiger partial charge in [-0.3, -0.25) is 4.79 Å². The summed E-state index contributed by atoms with van der Waals surface area (Å²) >= 11 is 0. The zero-order chi connectivity index (χ0) is 19.6. The van der Waals surface area contributed by atoms with E-state index in [2.05, 4.69) is 39.9 Å². The molecule has 0 spiro atoms. The van der Waals surface area contributed by atoms with Crippen LogP contribution in [0.25, 0.3) is 0 Å². The highest BCUT2D eigenvalue weighted by Crippen LogP contribution is 2.14. The SMILES string of the molecule is COc1ccc(CC(=O)Nc2ccc(NCCCc3ccccc3)nc2)cc1. The van der Waals surface area contributed by atoms with Crippen molar-refractivity contribution in [3.8, 4) is 5.75 Å². The van der Waals surface area contributed by atoms with Crippen molar-refractivity contribution < 1.29 is 9.53 Å². The van der Waals surface area contributed by atoms with Gasteiger partial charge in [-0.05, 0) is 48.2 Å². The van der Waals surface area contributed by atoms with Crippen LogP contribution >= 0.6 is 0 Å². The van der Waals surface area contributed by atoms with Crippen LogP contribution in [0.3, 0.4) is 0 Å². The normalized spacial score (nSPS) is 10.3. The topological polar surface area (TPSA) is 63.2 Å². The van der Waals surface area contributed by atoms with Gasteiger partial charge in [-0.1, -0.05) is 42.5 Å². The van der Waals surface area contributed by atoms with E-state index in [1.54, 1.807) is 13.3 Å². The molecular formula is C23H25N3O2. The molecule has 0 aliphatic heterocycles. The first-order valence-electron chi connectivity index (χ1n) is 9.39. The number of nitrogens with one attached hydrogen (secondary N) is 2. The first kappa shape index (κ1) is 19.4. The quantitative estimate of drug-likeness (QED) is 0.547. The Morgan fingerprint density at radius 3 is 2.43 bits per heavy atom. The number of carbonyl (C=O) groups is 1. The van der Waals surface area contributed by atoms with Crippen LogP contribution in [-0.2, 0) is 17.6 Å². The summed E-state index contributed by atoms with van der Waals surface area (Å²) in [4.78, 5) is 16.5. The minimum absolute atomic E-state index is 0.0736. The van der Waals surface area contributed by atoms with Crippen LogP contribution in [0.1, 0.15) is 17.5 Å². The molecule has 0 radical (unpaired) electrons. The third kappa shape index (κ3) is 6.13. The Balaban J connectivity index is 1.41. The summed E-state index contributed by atoms with van der Waals surface area (Å²) in [5, 5.41) is 6.18. The molecule has 0 saturated heterocycles. The third-order valence-corrected chi connectivity index (χ3v) is 4.36. The van der Waals surface area contributed by atoms with E-state index < -0.39 is 0 Å². The Morgan fingerprint density at radius 1 is 0.964 bits per heavy atom. The maximum atomic E-state index is 12.2. The molecule has 28 heavy (non-hydrogen) atoms. The molecule has 0 unspecified atom stereocenters. The molecule has 1 amide bonds. The average Bonchev–Trinajstić information content (AvgIpc) is 2.73. The van der Waals surface area contributed by atoms with Crippen LogP contribution in [0.15, 0.2) is 72.9 Å². The van der Waals surface area contributed by atoms with Gasteiger partial charge in [-0.25, -0.2) is 4.98 Å². The standard InChI is InChI=1S/C23H25N3O2/c1-28-21-12-9-19(10-13-21)16-23(27)26-20-11-14-22(25-17-20)24-15-5-8-18-6-3-2-4-7-18/h2-4,6-7,9-14,17H,5,8,15-16H2,1H3,(H,24,25)(H,26,27). The lowest BCUT2D eigenvalue weighted by molar-refractivity contribution is -0.115. The van der Waals surface area contributed by atoms with Gasteiger partial charge >= 0.3 is 0 Å². The van der Waals surface area contributed by atoms with Crippen molar-refractivity contribution >= 4 is 17.4 Å². The Bertz CT molecular complexity index is 863. The van der Waals surface area contributed by atoms with E-state index in [1.807, 2.05) is 42.5 Å². The number of rotatable bonds is 9. The number of aromatic nitrogens is 1. The average molecular weight is 375 g/mol. The number of nitrogens with zero attached hydrogens (tertiary/aromatic N) is 1. The molecule has 5 heteroatoms. The summed E-state index contributed by atoms with van der Waals surface area (Å²) < 4.78 is 5.12. The number of amides is 1. The van der Waals surface area contributed by atoms with Crippen molar-refractivity contribution in [2.45, 2.75) is 19.3 Å². The Morgan fingerprint density at radius 2 is 1.75 bits per heavy atom. The number of anilines is 2. The molecule has 1 aromatic heterocycles. The molecule has 5 nitrogen and oxygen atoms in total. The van der Waals surface area contributed by atoms with Crippen LogP contribution in [-0.4, -0.2) is 24.5 Å². The molecule has 3 aromatic rings. The monoisotopic (exact) mass is 375 g/mol. The number of hydrogen-bond acceptors (Lipinski definition) is 4. The van der Waals surface area contributed by atoms with E-state index in [1.165, 1.54) is 5.56 Å². The zero-order valence-corrected chi connectivity index (χ0v) is 16.0. The summed E-state index contributed by atoms with van der Waals surface area (Å²) in [6.07, 6.45) is 4.05. The molecular weight excluding hydrogens is 350 g/mol. The molecule has 0 bridgehead atoms. The van der Waals surface area contributed by atoms with Crippen molar-refractivity contribution in [3.63, 3.8) is 0 Å². The van der Waals surface area contributed by atoms with E-state index >= 15 is 0 Å². The van der Waals surface area contributed by atoms with Gasteiger partial charge in [0.1, 0.15) is 11.6 Å². The number of methoxy groups -OCH3 is 1. The summed E-state index contributed by atoms with van der Waals surface area (Å²) in [7, 11) is 1.62. The minimum Gasteiger partial charge on any atom is -0.497 e. The lowest BCUT2D eigenvalue weighted by atomic mass is 10.1. The van der Waals surface area contributed by atoms with Crippen LogP contribution in [0.5, 0.6) is 5.75 Å². The molecule has 0 aliphatic carbocycles. The Hall–Kier alpha value is -3.34. The first-order valence-corrected chi connectivity index (χ1v) is 9.39. The predicted octanol–water partition coefficient (Wildman–Crippen LogP) is 4.32. The second-order valence-electron chi connectivity index (χ2n) is 6.52. The maximum absolute atomic E-state index is 12.2. The lowest BCUT2D eigenvalue weighted by Gasteiger charge is -2.08. The number of pyridine rings is 1. The molecule has 0 atom stereocenters. The fourth-order valence-electron chi connectivity index (χ4n) is 2.86. The summed E-state index contributed by atoms with van der Waals surface area (Å²) in [6.45, 7) is 0.852. The second-order valence-corrected chi connectivity index (χ2v) is 6.52. The van der Waals surface area contributed by atoms with Gasteiger partial charge in [0, 0.05) is 6.54 Å². The predicted molar refractivity (Wildman–Crippen MR) is 113 cm³/mol. The van der Waals surface area contributed by atoms with Crippen molar-refractivity contribution in [2.24, 2.45) is 0 Å². The van der Waals surface area contributed by atoms with E-state index in [-0.39, 0.29) is 5.91 Å². The number of ether oxygens (including phenoxy) is 1. The summed E-state index contributed by atoms with van der Waals surface area (Å²) in [6, 6.07) is 21.7. The minimum atomic E-state index is -0.0736. The number of hydrogen-bond donors (Lipinski definition) is 2. The highest BCUT2D eigenvalue weighted by Gasteiger charge is 2.05. The molecule has 1 heterocycles. The molecule has 0 aliphatic rings. The largest absolute Gasteiger partial charge is 0.497 e. The third-order valence-electron chi connectivity index (χ3n) is 4.36. The Kier molecular flexibility index (Phi) is 7.01. The highest BCUT2D eigenvalue weighted by atomic mass is 16.5. The molecule has 3 rings (SSSR count). The number of aryl methyl sites for hydroxylation is 1. The van der Waals surface area contributed by atoms with E-state index in [4.69, 9.17) is 4.74 Å². The first-order chi connectivity index (χ1) is 13.7. The van der Waals surface area contributed by atoms with Crippen LogP contribution in [0.4, 0.5) is 11.5 Å². The molecule has 0 fully saturated rings.